The van der Waals surface area contributed by atoms with Gasteiger partial charge in [-0.15, -0.1) is 41.8 Å². The molecule has 0 aliphatic carbocycles. The first kappa shape index (κ1) is 50.4. The van der Waals surface area contributed by atoms with Gasteiger partial charge in [-0.25, -0.2) is 9.59 Å². The standard InChI is InChI=1S/C22H35NO6S.C11H19NO3S.C11H16O3/c1-19(2,3)29-18(25)23-16(12-30-20(23,4)5)17(24)10-8-7-9-11-22-26-13-21(6,14-27-22)15-28-22;1-10(2,3)15-9(14)12-8(6-13)7-16-11(12,4)5;1-3-4-5-6-11-12-7-10(2,8-13-11)9-14-11/h16-17,24H,7,9,11-15H2,1-6H3;6,8H,7H2,1-5H3;1H,4-9H2,2H3/t16-,17+,21?,22?;8-;/m01./s1. The highest BCUT2D eigenvalue weighted by Crippen LogP contribution is 2.43. The molecule has 8 fully saturated rings. The molecule has 8 aliphatic heterocycles. The minimum Gasteiger partial charge on any atom is -0.444 e. The summed E-state index contributed by atoms with van der Waals surface area (Å²) in [7, 11) is 0. The van der Waals surface area contributed by atoms with E-state index in [-0.39, 0.29) is 21.7 Å². The Morgan fingerprint density at radius 1 is 0.733 bits per heavy atom. The first-order valence-corrected chi connectivity index (χ1v) is 22.9. The Hall–Kier alpha value is -2.25. The minimum absolute atomic E-state index is 0.0429. The highest BCUT2D eigenvalue weighted by molar-refractivity contribution is 8.01. The molecule has 0 saturated carbocycles. The first-order valence-electron chi connectivity index (χ1n) is 20.9. The monoisotopic (exact) mass is 882 g/mol. The van der Waals surface area contributed by atoms with Crippen LogP contribution in [-0.2, 0) is 42.7 Å². The van der Waals surface area contributed by atoms with Gasteiger partial charge in [-0.3, -0.25) is 9.80 Å². The molecular formula is C44H70N2O12S2. The number of carbonyl (C=O) groups excluding carboxylic acids is 3. The summed E-state index contributed by atoms with van der Waals surface area (Å²) < 4.78 is 45.0. The van der Waals surface area contributed by atoms with Crippen molar-refractivity contribution in [3.63, 3.8) is 0 Å². The molecule has 0 radical (unpaired) electrons. The maximum absolute atomic E-state index is 12.7. The van der Waals surface area contributed by atoms with Gasteiger partial charge in [0, 0.05) is 48.0 Å². The lowest BCUT2D eigenvalue weighted by atomic mass is 9.91. The van der Waals surface area contributed by atoms with E-state index in [9.17, 15) is 19.5 Å². The van der Waals surface area contributed by atoms with Crippen LogP contribution >= 0.6 is 23.5 Å². The van der Waals surface area contributed by atoms with Gasteiger partial charge in [0.15, 0.2) is 0 Å². The average molecular weight is 883 g/mol. The van der Waals surface area contributed by atoms with Crippen LogP contribution in [-0.4, -0.2) is 136 Å². The lowest BCUT2D eigenvalue weighted by molar-refractivity contribution is -0.467. The topological polar surface area (TPSA) is 152 Å². The summed E-state index contributed by atoms with van der Waals surface area (Å²) >= 11 is 3.20. The molecule has 2 amide bonds. The van der Waals surface area contributed by atoms with Crippen LogP contribution in [0.3, 0.4) is 0 Å². The van der Waals surface area contributed by atoms with Crippen LogP contribution in [0.4, 0.5) is 9.59 Å². The number of carbonyl (C=O) groups is 3. The second-order valence-corrected chi connectivity index (χ2v) is 23.1. The molecular weight excluding hydrogens is 813 g/mol. The van der Waals surface area contributed by atoms with E-state index >= 15 is 0 Å². The average Bonchev–Trinajstić information content (AvgIpc) is 3.65. The van der Waals surface area contributed by atoms with Crippen LogP contribution in [0.2, 0.25) is 0 Å². The van der Waals surface area contributed by atoms with Crippen molar-refractivity contribution in [3.05, 3.63) is 0 Å². The van der Waals surface area contributed by atoms with E-state index in [1.807, 2.05) is 69.2 Å². The molecule has 0 aromatic carbocycles. The fourth-order valence-corrected chi connectivity index (χ4v) is 9.46. The van der Waals surface area contributed by atoms with Crippen molar-refractivity contribution in [2.45, 2.75) is 173 Å². The van der Waals surface area contributed by atoms with Crippen molar-refractivity contribution in [3.8, 4) is 24.2 Å². The zero-order valence-electron chi connectivity index (χ0n) is 37.9. The molecule has 8 rings (SSSR count). The molecule has 3 atom stereocenters. The van der Waals surface area contributed by atoms with E-state index < -0.39 is 52.4 Å². The molecule has 0 aromatic rings. The smallest absolute Gasteiger partial charge is 0.412 e. The highest BCUT2D eigenvalue weighted by atomic mass is 32.2. The van der Waals surface area contributed by atoms with Gasteiger partial charge in [-0.2, -0.15) is 0 Å². The third-order valence-electron chi connectivity index (χ3n) is 10.4. The predicted octanol–water partition coefficient (Wildman–Crippen LogP) is 7.15. The number of terminal acetylenes is 1. The summed E-state index contributed by atoms with van der Waals surface area (Å²) in [6.07, 6.45) is 8.51. The number of rotatable bonds is 8. The summed E-state index contributed by atoms with van der Waals surface area (Å²) in [5.41, 5.74) is -1.12. The molecule has 0 spiro atoms. The number of fused-ring (bicyclic) bond motifs is 6. The molecule has 8 aliphatic rings. The van der Waals surface area contributed by atoms with Gasteiger partial charge in [0.1, 0.15) is 29.6 Å². The SMILES string of the molecule is C#CCCCC12OCC(C)(CO1)CO2.CC(C)(C)OC(=O)N1[C@H](C=O)CSC1(C)C.CC12COC(CCCC#C[C@@H](O)[C@@H]3CSC(C)(C)N3C(=O)OC(C)(C)C)(OC1)OC2. The Kier molecular flexibility index (Phi) is 16.5. The molecule has 0 aromatic heterocycles. The second kappa shape index (κ2) is 19.6. The van der Waals surface area contributed by atoms with Gasteiger partial charge in [0.2, 0.25) is 0 Å². The van der Waals surface area contributed by atoms with E-state index in [0.29, 0.717) is 44.2 Å². The van der Waals surface area contributed by atoms with Crippen LogP contribution in [0.1, 0.15) is 122 Å². The predicted molar refractivity (Wildman–Crippen MR) is 231 cm³/mol. The van der Waals surface area contributed by atoms with Crippen molar-refractivity contribution >= 4 is 42.0 Å². The van der Waals surface area contributed by atoms with Crippen LogP contribution in [0.15, 0.2) is 0 Å². The third-order valence-corrected chi connectivity index (χ3v) is 13.2. The van der Waals surface area contributed by atoms with Gasteiger partial charge >= 0.3 is 12.2 Å². The first-order chi connectivity index (χ1) is 27.7. The quantitative estimate of drug-likeness (QED) is 0.149. The van der Waals surface area contributed by atoms with Crippen molar-refractivity contribution in [2.24, 2.45) is 10.8 Å². The van der Waals surface area contributed by atoms with E-state index in [1.54, 1.807) is 28.4 Å². The Morgan fingerprint density at radius 2 is 1.13 bits per heavy atom. The number of ether oxygens (including phenoxy) is 8. The van der Waals surface area contributed by atoms with E-state index in [0.717, 1.165) is 51.8 Å². The Morgan fingerprint density at radius 3 is 1.55 bits per heavy atom. The zero-order chi connectivity index (χ0) is 44.8. The van der Waals surface area contributed by atoms with E-state index in [2.05, 4.69) is 31.6 Å². The van der Waals surface area contributed by atoms with Crippen molar-refractivity contribution < 1.29 is 57.4 Å². The van der Waals surface area contributed by atoms with Gasteiger partial charge in [0.25, 0.3) is 11.9 Å². The van der Waals surface area contributed by atoms with E-state index in [1.165, 1.54) is 4.90 Å². The van der Waals surface area contributed by atoms with Crippen LogP contribution in [0.25, 0.3) is 0 Å². The summed E-state index contributed by atoms with van der Waals surface area (Å²) in [6.45, 7) is 27.0. The Bertz CT molecular complexity index is 1560. The van der Waals surface area contributed by atoms with Gasteiger partial charge in [-0.05, 0) is 82.1 Å². The third kappa shape index (κ3) is 13.6. The molecule has 0 unspecified atom stereocenters. The number of aliphatic hydroxyl groups is 1. The number of nitrogens with zero attached hydrogens (tertiary/aromatic N) is 2. The number of thioether (sulfide) groups is 2. The second-order valence-electron chi connectivity index (χ2n) is 19.9. The minimum atomic E-state index is -0.933. The normalized spacial score (nSPS) is 32.9. The zero-order valence-corrected chi connectivity index (χ0v) is 39.6. The van der Waals surface area contributed by atoms with Crippen LogP contribution < -0.4 is 0 Å². The molecule has 16 heteroatoms. The molecule has 14 nitrogen and oxygen atoms in total. The van der Waals surface area contributed by atoms with E-state index in [4.69, 9.17) is 44.3 Å². The van der Waals surface area contributed by atoms with Crippen LogP contribution in [0, 0.1) is 35.0 Å². The van der Waals surface area contributed by atoms with Gasteiger partial charge in [0.05, 0.1) is 55.4 Å². The van der Waals surface area contributed by atoms with Crippen LogP contribution in [0.5, 0.6) is 0 Å². The van der Waals surface area contributed by atoms with Gasteiger partial charge < -0.3 is 47.8 Å². The molecule has 8 heterocycles. The molecule has 4 bridgehead atoms. The molecule has 1 N–H and O–H groups in total. The van der Waals surface area contributed by atoms with Crippen molar-refractivity contribution in [1.29, 1.82) is 0 Å². The number of aliphatic hydroxyl groups excluding tert-OH is 1. The fraction of sp³-hybridized carbons (Fsp3) is 0.841. The summed E-state index contributed by atoms with van der Waals surface area (Å²) in [5.74, 6) is 8.09. The number of hydrogen-bond donors (Lipinski definition) is 1. The Balaban J connectivity index is 0.000000221. The summed E-state index contributed by atoms with van der Waals surface area (Å²) in [5, 5.41) is 10.7. The highest BCUT2D eigenvalue weighted by Gasteiger charge is 2.52. The molecule has 60 heavy (non-hydrogen) atoms. The number of hydrogen-bond acceptors (Lipinski definition) is 14. The maximum atomic E-state index is 12.7. The number of unbranched alkanes of at least 4 members (excludes halogenated alkanes) is 2. The maximum Gasteiger partial charge on any atom is 0.412 e. The lowest BCUT2D eigenvalue weighted by Gasteiger charge is -2.50. The summed E-state index contributed by atoms with van der Waals surface area (Å²) in [6, 6.07) is -0.787. The molecule has 8 saturated heterocycles. The van der Waals surface area contributed by atoms with Crippen molar-refractivity contribution in [1.82, 2.24) is 9.80 Å². The van der Waals surface area contributed by atoms with Crippen molar-refractivity contribution in [2.75, 3.05) is 51.1 Å². The fourth-order valence-electron chi connectivity index (χ4n) is 7.04. The number of aldehydes is 1. The molecule has 340 valence electrons. The number of amides is 2. The lowest BCUT2D eigenvalue weighted by Crippen LogP contribution is -2.58. The largest absolute Gasteiger partial charge is 0.444 e. The van der Waals surface area contributed by atoms with Gasteiger partial charge in [-0.1, -0.05) is 19.8 Å². The summed E-state index contributed by atoms with van der Waals surface area (Å²) in [4.78, 5) is 37.9. The Labute approximate surface area is 366 Å².